The SMILES string of the molecule is CN(C)c1ccccc1OCC(=O)N1CCN(Cc2ccc(Cl)cc2)CC1. The number of ether oxygens (including phenoxy) is 1. The van der Waals surface area contributed by atoms with E-state index in [2.05, 4.69) is 17.0 Å². The smallest absolute Gasteiger partial charge is 0.260 e. The molecule has 0 atom stereocenters. The number of hydrogen-bond donors (Lipinski definition) is 0. The van der Waals surface area contributed by atoms with Gasteiger partial charge in [-0.1, -0.05) is 35.9 Å². The van der Waals surface area contributed by atoms with Gasteiger partial charge in [-0.15, -0.1) is 0 Å². The van der Waals surface area contributed by atoms with Gasteiger partial charge in [-0.05, 0) is 29.8 Å². The van der Waals surface area contributed by atoms with E-state index in [9.17, 15) is 4.79 Å². The fourth-order valence-electron chi connectivity index (χ4n) is 3.18. The van der Waals surface area contributed by atoms with E-state index in [0.29, 0.717) is 0 Å². The zero-order chi connectivity index (χ0) is 19.2. The molecule has 2 aromatic carbocycles. The molecule has 0 aliphatic carbocycles. The van der Waals surface area contributed by atoms with Gasteiger partial charge in [0.05, 0.1) is 5.69 Å². The van der Waals surface area contributed by atoms with Crippen molar-refractivity contribution in [3.63, 3.8) is 0 Å². The van der Waals surface area contributed by atoms with Crippen LogP contribution in [0, 0.1) is 0 Å². The van der Waals surface area contributed by atoms with Crippen molar-refractivity contribution >= 4 is 23.2 Å². The summed E-state index contributed by atoms with van der Waals surface area (Å²) in [7, 11) is 3.92. The van der Waals surface area contributed by atoms with Crippen LogP contribution in [0.5, 0.6) is 5.75 Å². The number of anilines is 1. The lowest BCUT2D eigenvalue weighted by atomic mass is 10.2. The third kappa shape index (κ3) is 5.37. The largest absolute Gasteiger partial charge is 0.482 e. The van der Waals surface area contributed by atoms with Crippen molar-refractivity contribution in [2.75, 3.05) is 51.8 Å². The third-order valence-corrected chi connectivity index (χ3v) is 4.99. The molecule has 1 heterocycles. The molecule has 27 heavy (non-hydrogen) atoms. The van der Waals surface area contributed by atoms with Gasteiger partial charge in [0.2, 0.25) is 0 Å². The molecule has 1 saturated heterocycles. The molecule has 0 radical (unpaired) electrons. The third-order valence-electron chi connectivity index (χ3n) is 4.74. The van der Waals surface area contributed by atoms with Crippen molar-refractivity contribution in [3.05, 3.63) is 59.1 Å². The van der Waals surface area contributed by atoms with Crippen molar-refractivity contribution in [2.24, 2.45) is 0 Å². The number of rotatable bonds is 6. The van der Waals surface area contributed by atoms with E-state index in [-0.39, 0.29) is 12.5 Å². The Morgan fingerprint density at radius 1 is 1.04 bits per heavy atom. The van der Waals surface area contributed by atoms with Crippen molar-refractivity contribution in [1.29, 1.82) is 0 Å². The topological polar surface area (TPSA) is 36.0 Å². The van der Waals surface area contributed by atoms with Gasteiger partial charge in [-0.2, -0.15) is 0 Å². The number of amides is 1. The van der Waals surface area contributed by atoms with Crippen LogP contribution in [0.1, 0.15) is 5.56 Å². The first-order valence-corrected chi connectivity index (χ1v) is 9.54. The van der Waals surface area contributed by atoms with Crippen LogP contribution >= 0.6 is 11.6 Å². The Morgan fingerprint density at radius 3 is 2.37 bits per heavy atom. The van der Waals surface area contributed by atoms with Gasteiger partial charge in [0.1, 0.15) is 5.75 Å². The van der Waals surface area contributed by atoms with Crippen molar-refractivity contribution in [2.45, 2.75) is 6.54 Å². The number of nitrogens with zero attached hydrogens (tertiary/aromatic N) is 3. The number of carbonyl (C=O) groups excluding carboxylic acids is 1. The lowest BCUT2D eigenvalue weighted by molar-refractivity contribution is -0.135. The van der Waals surface area contributed by atoms with Gasteiger partial charge < -0.3 is 14.5 Å². The second-order valence-electron chi connectivity index (χ2n) is 6.93. The number of halogens is 1. The summed E-state index contributed by atoms with van der Waals surface area (Å²) >= 11 is 5.94. The van der Waals surface area contributed by atoms with Gasteiger partial charge in [0, 0.05) is 51.8 Å². The fraction of sp³-hybridized carbons (Fsp3) is 0.381. The van der Waals surface area contributed by atoms with E-state index >= 15 is 0 Å². The highest BCUT2D eigenvalue weighted by atomic mass is 35.5. The highest BCUT2D eigenvalue weighted by molar-refractivity contribution is 6.30. The van der Waals surface area contributed by atoms with Crippen LogP contribution in [0.15, 0.2) is 48.5 Å². The monoisotopic (exact) mass is 387 g/mol. The van der Waals surface area contributed by atoms with E-state index in [0.717, 1.165) is 49.2 Å². The molecule has 0 aromatic heterocycles. The second kappa shape index (κ2) is 9.11. The molecule has 1 amide bonds. The Kier molecular flexibility index (Phi) is 6.58. The van der Waals surface area contributed by atoms with E-state index in [4.69, 9.17) is 16.3 Å². The highest BCUT2D eigenvalue weighted by Gasteiger charge is 2.21. The maximum absolute atomic E-state index is 12.5. The predicted molar refractivity (Wildman–Crippen MR) is 110 cm³/mol. The molecular formula is C21H26ClN3O2. The van der Waals surface area contributed by atoms with Gasteiger partial charge in [-0.3, -0.25) is 9.69 Å². The number of piperazine rings is 1. The van der Waals surface area contributed by atoms with Crippen LogP contribution in [0.4, 0.5) is 5.69 Å². The predicted octanol–water partition coefficient (Wildman–Crippen LogP) is 3.13. The number of carbonyl (C=O) groups is 1. The Hall–Kier alpha value is -2.24. The minimum atomic E-state index is 0.0368. The Balaban J connectivity index is 1.47. The summed E-state index contributed by atoms with van der Waals surface area (Å²) in [5.74, 6) is 0.770. The molecule has 1 aliphatic heterocycles. The number of hydrogen-bond acceptors (Lipinski definition) is 4. The summed E-state index contributed by atoms with van der Waals surface area (Å²) < 4.78 is 5.79. The lowest BCUT2D eigenvalue weighted by Crippen LogP contribution is -2.49. The minimum Gasteiger partial charge on any atom is -0.482 e. The van der Waals surface area contributed by atoms with Crippen LogP contribution in [0.3, 0.4) is 0 Å². The maximum Gasteiger partial charge on any atom is 0.260 e. The normalized spacial score (nSPS) is 14.9. The van der Waals surface area contributed by atoms with Gasteiger partial charge in [-0.25, -0.2) is 0 Å². The average Bonchev–Trinajstić information content (AvgIpc) is 2.68. The summed E-state index contributed by atoms with van der Waals surface area (Å²) in [6.45, 7) is 4.13. The molecular weight excluding hydrogens is 362 g/mol. The van der Waals surface area contributed by atoms with Crippen molar-refractivity contribution in [3.8, 4) is 5.75 Å². The molecule has 2 aromatic rings. The Labute approximate surface area is 166 Å². The van der Waals surface area contributed by atoms with Crippen LogP contribution in [0.2, 0.25) is 5.02 Å². The molecule has 144 valence electrons. The summed E-state index contributed by atoms with van der Waals surface area (Å²) in [4.78, 5) is 18.7. The highest BCUT2D eigenvalue weighted by Crippen LogP contribution is 2.26. The van der Waals surface area contributed by atoms with E-state index in [1.807, 2.05) is 60.3 Å². The second-order valence-corrected chi connectivity index (χ2v) is 7.37. The molecule has 5 nitrogen and oxygen atoms in total. The summed E-state index contributed by atoms with van der Waals surface area (Å²) in [5.41, 5.74) is 2.21. The van der Waals surface area contributed by atoms with Crippen molar-refractivity contribution < 1.29 is 9.53 Å². The number of para-hydroxylation sites is 2. The molecule has 6 heteroatoms. The fourth-order valence-corrected chi connectivity index (χ4v) is 3.31. The molecule has 0 N–H and O–H groups in total. The average molecular weight is 388 g/mol. The van der Waals surface area contributed by atoms with Gasteiger partial charge >= 0.3 is 0 Å². The maximum atomic E-state index is 12.5. The van der Waals surface area contributed by atoms with E-state index in [1.54, 1.807) is 0 Å². The van der Waals surface area contributed by atoms with Crippen molar-refractivity contribution in [1.82, 2.24) is 9.80 Å². The molecule has 0 saturated carbocycles. The minimum absolute atomic E-state index is 0.0368. The zero-order valence-electron chi connectivity index (χ0n) is 15.9. The van der Waals surface area contributed by atoms with Gasteiger partial charge in [0.15, 0.2) is 6.61 Å². The van der Waals surface area contributed by atoms with Crippen LogP contribution in [-0.4, -0.2) is 62.6 Å². The standard InChI is InChI=1S/C21H26ClN3O2/c1-23(2)19-5-3-4-6-20(19)27-16-21(26)25-13-11-24(12-14-25)15-17-7-9-18(22)10-8-17/h3-10H,11-16H2,1-2H3. The van der Waals surface area contributed by atoms with Gasteiger partial charge in [0.25, 0.3) is 5.91 Å². The number of benzene rings is 2. The molecule has 1 aliphatic rings. The van der Waals surface area contributed by atoms with Crippen LogP contribution in [0.25, 0.3) is 0 Å². The van der Waals surface area contributed by atoms with E-state index < -0.39 is 0 Å². The first-order chi connectivity index (χ1) is 13.0. The molecule has 0 unspecified atom stereocenters. The molecule has 1 fully saturated rings. The van der Waals surface area contributed by atoms with E-state index in [1.165, 1.54) is 5.56 Å². The Bertz CT molecular complexity index is 756. The quantitative estimate of drug-likeness (QED) is 0.763. The van der Waals surface area contributed by atoms with Crippen LogP contribution in [-0.2, 0) is 11.3 Å². The first kappa shape index (κ1) is 19.5. The summed E-state index contributed by atoms with van der Waals surface area (Å²) in [6.07, 6.45) is 0. The van der Waals surface area contributed by atoms with Crippen LogP contribution < -0.4 is 9.64 Å². The summed E-state index contributed by atoms with van der Waals surface area (Å²) in [6, 6.07) is 15.7. The Morgan fingerprint density at radius 2 is 1.70 bits per heavy atom. The zero-order valence-corrected chi connectivity index (χ0v) is 16.7. The summed E-state index contributed by atoms with van der Waals surface area (Å²) in [5, 5.41) is 0.755. The lowest BCUT2D eigenvalue weighted by Gasteiger charge is -2.34. The first-order valence-electron chi connectivity index (χ1n) is 9.16. The molecule has 0 spiro atoms. The molecule has 3 rings (SSSR count). The molecule has 0 bridgehead atoms.